The minimum Gasteiger partial charge on any atom is -0.497 e. The van der Waals surface area contributed by atoms with Crippen LogP contribution in [0.4, 0.5) is 5.69 Å². The predicted octanol–water partition coefficient (Wildman–Crippen LogP) is 3.66. The topological polar surface area (TPSA) is 101 Å². The Bertz CT molecular complexity index is 995. The molecule has 0 aliphatic carbocycles. The molecule has 1 N–H and O–H groups in total. The molecule has 0 radical (unpaired) electrons. The van der Waals surface area contributed by atoms with Crippen LogP contribution in [-0.4, -0.2) is 28.5 Å². The number of hydrogen-bond donors (Lipinski definition) is 1. The Morgan fingerprint density at radius 3 is 2.71 bits per heavy atom. The normalized spacial score (nSPS) is 11.5. The SMILES string of the molecule is COc1ccc(Cc2nnc(SC(C)C(=O)Nc3ccccc3C#N)o2)cc1. The van der Waals surface area contributed by atoms with Crippen molar-refractivity contribution in [2.45, 2.75) is 23.8 Å². The number of carbonyl (C=O) groups is 1. The first-order valence-electron chi connectivity index (χ1n) is 8.51. The van der Waals surface area contributed by atoms with Crippen LogP contribution in [0.5, 0.6) is 5.75 Å². The number of thioether (sulfide) groups is 1. The molecular weight excluding hydrogens is 376 g/mol. The molecule has 3 rings (SSSR count). The first-order chi connectivity index (χ1) is 13.6. The molecule has 28 heavy (non-hydrogen) atoms. The molecule has 0 spiro atoms. The van der Waals surface area contributed by atoms with E-state index >= 15 is 0 Å². The largest absolute Gasteiger partial charge is 0.497 e. The maximum Gasteiger partial charge on any atom is 0.277 e. The van der Waals surface area contributed by atoms with Crippen molar-refractivity contribution in [2.24, 2.45) is 0 Å². The zero-order chi connectivity index (χ0) is 19.9. The summed E-state index contributed by atoms with van der Waals surface area (Å²) in [4.78, 5) is 12.4. The van der Waals surface area contributed by atoms with E-state index in [2.05, 4.69) is 21.6 Å². The van der Waals surface area contributed by atoms with E-state index in [1.54, 1.807) is 38.3 Å². The molecule has 0 fully saturated rings. The van der Waals surface area contributed by atoms with Gasteiger partial charge in [0.15, 0.2) is 0 Å². The number of anilines is 1. The van der Waals surface area contributed by atoms with Crippen molar-refractivity contribution in [3.05, 3.63) is 65.5 Å². The van der Waals surface area contributed by atoms with E-state index in [0.29, 0.717) is 28.8 Å². The summed E-state index contributed by atoms with van der Waals surface area (Å²) in [6.07, 6.45) is 0.494. The van der Waals surface area contributed by atoms with Gasteiger partial charge in [0.1, 0.15) is 11.8 Å². The fraction of sp³-hybridized carbons (Fsp3) is 0.200. The fourth-order valence-corrected chi connectivity index (χ4v) is 3.10. The minimum absolute atomic E-state index is 0.248. The third-order valence-electron chi connectivity index (χ3n) is 3.91. The molecule has 1 unspecified atom stereocenters. The van der Waals surface area contributed by atoms with Gasteiger partial charge in [-0.25, -0.2) is 0 Å². The molecule has 0 aliphatic rings. The highest BCUT2D eigenvalue weighted by Crippen LogP contribution is 2.24. The summed E-state index contributed by atoms with van der Waals surface area (Å²) in [5.74, 6) is 1.00. The number of para-hydroxylation sites is 1. The molecular formula is C20H18N4O3S. The van der Waals surface area contributed by atoms with E-state index in [0.717, 1.165) is 11.3 Å². The van der Waals surface area contributed by atoms with Crippen molar-refractivity contribution in [3.8, 4) is 11.8 Å². The molecule has 8 heteroatoms. The zero-order valence-electron chi connectivity index (χ0n) is 15.4. The van der Waals surface area contributed by atoms with Crippen LogP contribution in [0.2, 0.25) is 0 Å². The van der Waals surface area contributed by atoms with Gasteiger partial charge in [0.2, 0.25) is 11.8 Å². The highest BCUT2D eigenvalue weighted by molar-refractivity contribution is 8.00. The van der Waals surface area contributed by atoms with Gasteiger partial charge in [0.05, 0.1) is 30.0 Å². The van der Waals surface area contributed by atoms with Crippen LogP contribution < -0.4 is 10.1 Å². The van der Waals surface area contributed by atoms with Crippen molar-refractivity contribution in [3.63, 3.8) is 0 Å². The molecule has 142 valence electrons. The highest BCUT2D eigenvalue weighted by atomic mass is 32.2. The Morgan fingerprint density at radius 1 is 1.25 bits per heavy atom. The van der Waals surface area contributed by atoms with Crippen LogP contribution in [0, 0.1) is 11.3 Å². The van der Waals surface area contributed by atoms with Gasteiger partial charge in [0.25, 0.3) is 5.22 Å². The number of benzene rings is 2. The fourth-order valence-electron chi connectivity index (χ4n) is 2.40. The standard InChI is InChI=1S/C20H18N4O3S/c1-13(19(25)22-17-6-4-3-5-15(17)12-21)28-20-24-23-18(27-20)11-14-7-9-16(26-2)10-8-14/h3-10,13H,11H2,1-2H3,(H,22,25). The number of amides is 1. The van der Waals surface area contributed by atoms with Crippen LogP contribution >= 0.6 is 11.8 Å². The van der Waals surface area contributed by atoms with Crippen LogP contribution in [0.3, 0.4) is 0 Å². The summed E-state index contributed by atoms with van der Waals surface area (Å²) in [7, 11) is 1.62. The third-order valence-corrected chi connectivity index (χ3v) is 4.85. The second-order valence-electron chi connectivity index (χ2n) is 5.89. The number of carbonyl (C=O) groups excluding carboxylic acids is 1. The molecule has 3 aromatic rings. The second kappa shape index (κ2) is 9.06. The zero-order valence-corrected chi connectivity index (χ0v) is 16.2. The lowest BCUT2D eigenvalue weighted by Crippen LogP contribution is -2.22. The summed E-state index contributed by atoms with van der Waals surface area (Å²) in [6.45, 7) is 1.74. The highest BCUT2D eigenvalue weighted by Gasteiger charge is 2.19. The maximum atomic E-state index is 12.4. The Kier molecular flexibility index (Phi) is 6.29. The minimum atomic E-state index is -0.471. The van der Waals surface area contributed by atoms with Gasteiger partial charge in [-0.2, -0.15) is 5.26 Å². The van der Waals surface area contributed by atoms with Gasteiger partial charge in [-0.1, -0.05) is 36.0 Å². The van der Waals surface area contributed by atoms with Gasteiger partial charge < -0.3 is 14.5 Å². The number of nitriles is 1. The number of aromatic nitrogens is 2. The average Bonchev–Trinajstić information content (AvgIpc) is 3.15. The Labute approximate surface area is 166 Å². The molecule has 0 aliphatic heterocycles. The van der Waals surface area contributed by atoms with Crippen molar-refractivity contribution >= 4 is 23.4 Å². The van der Waals surface area contributed by atoms with Crippen molar-refractivity contribution < 1.29 is 13.9 Å². The number of rotatable bonds is 7. The third kappa shape index (κ3) is 4.90. The van der Waals surface area contributed by atoms with Crippen LogP contribution in [0.15, 0.2) is 58.2 Å². The first-order valence-corrected chi connectivity index (χ1v) is 9.39. The van der Waals surface area contributed by atoms with E-state index in [1.165, 1.54) is 11.8 Å². The van der Waals surface area contributed by atoms with Crippen molar-refractivity contribution in [1.82, 2.24) is 10.2 Å². The van der Waals surface area contributed by atoms with Gasteiger partial charge >= 0.3 is 0 Å². The molecule has 1 amide bonds. The van der Waals surface area contributed by atoms with Gasteiger partial charge in [-0.3, -0.25) is 4.79 Å². The number of ether oxygens (including phenoxy) is 1. The van der Waals surface area contributed by atoms with Gasteiger partial charge in [-0.15, -0.1) is 10.2 Å². The van der Waals surface area contributed by atoms with E-state index < -0.39 is 5.25 Å². The molecule has 0 saturated heterocycles. The quantitative estimate of drug-likeness (QED) is 0.610. The predicted molar refractivity (Wildman–Crippen MR) is 105 cm³/mol. The number of methoxy groups -OCH3 is 1. The van der Waals surface area contributed by atoms with Crippen LogP contribution in [0.1, 0.15) is 23.9 Å². The number of nitrogens with one attached hydrogen (secondary N) is 1. The van der Waals surface area contributed by atoms with Gasteiger partial charge in [0, 0.05) is 0 Å². The second-order valence-corrected chi connectivity index (χ2v) is 7.19. The summed E-state index contributed by atoms with van der Waals surface area (Å²) in [5, 5.41) is 19.7. The molecule has 0 bridgehead atoms. The van der Waals surface area contributed by atoms with Crippen molar-refractivity contribution in [1.29, 1.82) is 5.26 Å². The number of nitrogens with zero attached hydrogens (tertiary/aromatic N) is 3. The van der Waals surface area contributed by atoms with Gasteiger partial charge in [-0.05, 0) is 36.8 Å². The Balaban J connectivity index is 1.59. The smallest absolute Gasteiger partial charge is 0.277 e. The van der Waals surface area contributed by atoms with E-state index in [1.807, 2.05) is 24.3 Å². The maximum absolute atomic E-state index is 12.4. The Hall–Kier alpha value is -3.31. The van der Waals surface area contributed by atoms with Crippen LogP contribution in [0.25, 0.3) is 0 Å². The van der Waals surface area contributed by atoms with Crippen molar-refractivity contribution in [2.75, 3.05) is 12.4 Å². The summed E-state index contributed by atoms with van der Waals surface area (Å²) < 4.78 is 10.8. The molecule has 0 saturated carbocycles. The lowest BCUT2D eigenvalue weighted by molar-refractivity contribution is -0.115. The lowest BCUT2D eigenvalue weighted by atomic mass is 10.1. The molecule has 2 aromatic carbocycles. The first kappa shape index (κ1) is 19.5. The summed E-state index contributed by atoms with van der Waals surface area (Å²) in [5.41, 5.74) is 1.90. The van der Waals surface area contributed by atoms with E-state index in [-0.39, 0.29) is 5.91 Å². The Morgan fingerprint density at radius 2 is 2.00 bits per heavy atom. The molecule has 1 heterocycles. The summed E-state index contributed by atoms with van der Waals surface area (Å²) >= 11 is 1.17. The monoisotopic (exact) mass is 394 g/mol. The van der Waals surface area contributed by atoms with E-state index in [4.69, 9.17) is 14.4 Å². The van der Waals surface area contributed by atoms with Crippen LogP contribution in [-0.2, 0) is 11.2 Å². The molecule has 7 nitrogen and oxygen atoms in total. The summed E-state index contributed by atoms with van der Waals surface area (Å²) in [6, 6.07) is 16.5. The average molecular weight is 394 g/mol. The molecule has 1 aromatic heterocycles. The molecule has 1 atom stereocenters. The number of hydrogen-bond acceptors (Lipinski definition) is 7. The lowest BCUT2D eigenvalue weighted by Gasteiger charge is -2.10. The van der Waals surface area contributed by atoms with E-state index in [9.17, 15) is 4.79 Å².